The predicted molar refractivity (Wildman–Crippen MR) is 116 cm³/mol. The topological polar surface area (TPSA) is 45.9 Å². The van der Waals surface area contributed by atoms with Gasteiger partial charge < -0.3 is 14.1 Å². The highest BCUT2D eigenvalue weighted by Crippen LogP contribution is 2.16. The molecule has 0 radical (unpaired) electrons. The molecule has 1 aliphatic rings. The predicted octanol–water partition coefficient (Wildman–Crippen LogP) is 4.14. The minimum atomic E-state index is 0.188. The summed E-state index contributed by atoms with van der Waals surface area (Å²) in [6.07, 6.45) is 3.12. The number of carbonyl (C=O) groups is 1. The van der Waals surface area contributed by atoms with Crippen LogP contribution < -0.4 is 4.74 Å². The third-order valence-electron chi connectivity index (χ3n) is 5.43. The lowest BCUT2D eigenvalue weighted by molar-refractivity contribution is -0.130. The van der Waals surface area contributed by atoms with E-state index in [1.807, 2.05) is 71.6 Å². The molecule has 4 rings (SSSR count). The Labute approximate surface area is 177 Å². The number of furan rings is 1. The summed E-state index contributed by atoms with van der Waals surface area (Å²) in [6.45, 7) is 4.78. The van der Waals surface area contributed by atoms with Crippen molar-refractivity contribution in [3.8, 4) is 5.75 Å². The molecule has 1 aromatic heterocycles. The van der Waals surface area contributed by atoms with Crippen molar-refractivity contribution in [1.82, 2.24) is 9.80 Å². The second-order valence-corrected chi connectivity index (χ2v) is 7.68. The third-order valence-corrected chi connectivity index (χ3v) is 5.43. The lowest BCUT2D eigenvalue weighted by Crippen LogP contribution is -2.36. The number of hydrogen-bond donors (Lipinski definition) is 0. The maximum Gasteiger partial charge on any atom is 0.227 e. The van der Waals surface area contributed by atoms with Gasteiger partial charge in [-0.25, -0.2) is 0 Å². The van der Waals surface area contributed by atoms with Crippen LogP contribution in [0, 0.1) is 0 Å². The molecule has 1 fully saturated rings. The average molecular weight is 405 g/mol. The summed E-state index contributed by atoms with van der Waals surface area (Å²) in [6, 6.07) is 21.9. The van der Waals surface area contributed by atoms with E-state index in [0.29, 0.717) is 13.0 Å². The molecule has 0 spiro atoms. The third kappa shape index (κ3) is 5.74. The second-order valence-electron chi connectivity index (χ2n) is 7.68. The number of benzene rings is 2. The molecule has 3 aromatic rings. The van der Waals surface area contributed by atoms with Crippen LogP contribution in [0.15, 0.2) is 77.4 Å². The summed E-state index contributed by atoms with van der Waals surface area (Å²) in [7, 11) is 0. The van der Waals surface area contributed by atoms with Gasteiger partial charge in [0.2, 0.25) is 5.91 Å². The van der Waals surface area contributed by atoms with Crippen molar-refractivity contribution in [3.05, 3.63) is 89.9 Å². The van der Waals surface area contributed by atoms with Gasteiger partial charge in [-0.3, -0.25) is 9.69 Å². The highest BCUT2D eigenvalue weighted by atomic mass is 16.5. The van der Waals surface area contributed by atoms with Crippen LogP contribution in [-0.2, 0) is 24.4 Å². The summed E-state index contributed by atoms with van der Waals surface area (Å²) >= 11 is 0. The lowest BCUT2D eigenvalue weighted by Gasteiger charge is -2.21. The normalized spacial score (nSPS) is 15.0. The van der Waals surface area contributed by atoms with Gasteiger partial charge in [0.1, 0.15) is 18.1 Å². The summed E-state index contributed by atoms with van der Waals surface area (Å²) in [5, 5.41) is 0. The highest BCUT2D eigenvalue weighted by Gasteiger charge is 2.19. The number of ether oxygens (including phenoxy) is 1. The SMILES string of the molecule is O=C(Cc1ccc(OCc2ccccc2)cc1)N1CCCN(Cc2ccco2)CC1. The fraction of sp³-hybridized carbons (Fsp3) is 0.320. The molecule has 0 unspecified atom stereocenters. The second kappa shape index (κ2) is 10.1. The van der Waals surface area contributed by atoms with Crippen LogP contribution >= 0.6 is 0 Å². The van der Waals surface area contributed by atoms with Gasteiger partial charge in [-0.05, 0) is 41.8 Å². The van der Waals surface area contributed by atoms with Crippen LogP contribution in [0.25, 0.3) is 0 Å². The van der Waals surface area contributed by atoms with E-state index >= 15 is 0 Å². The number of nitrogens with zero attached hydrogens (tertiary/aromatic N) is 2. The standard InChI is InChI=1S/C25H28N2O3/c28-25(27-14-5-13-26(15-16-27)19-24-8-4-17-29-24)18-21-9-11-23(12-10-21)30-20-22-6-2-1-3-7-22/h1-4,6-12,17H,5,13-16,18-20H2. The molecule has 0 saturated carbocycles. The first-order chi connectivity index (χ1) is 14.8. The number of rotatable bonds is 7. The Morgan fingerprint density at radius 3 is 2.47 bits per heavy atom. The van der Waals surface area contributed by atoms with E-state index in [1.54, 1.807) is 6.26 Å². The van der Waals surface area contributed by atoms with E-state index in [4.69, 9.17) is 9.15 Å². The largest absolute Gasteiger partial charge is 0.489 e. The summed E-state index contributed by atoms with van der Waals surface area (Å²) in [5.41, 5.74) is 2.16. The van der Waals surface area contributed by atoms with E-state index in [-0.39, 0.29) is 5.91 Å². The van der Waals surface area contributed by atoms with Gasteiger partial charge in [0, 0.05) is 26.2 Å². The van der Waals surface area contributed by atoms with Crippen molar-refractivity contribution in [2.45, 2.75) is 26.0 Å². The van der Waals surface area contributed by atoms with E-state index in [1.165, 1.54) is 0 Å². The molecule has 0 N–H and O–H groups in total. The first-order valence-corrected chi connectivity index (χ1v) is 10.5. The molecule has 30 heavy (non-hydrogen) atoms. The van der Waals surface area contributed by atoms with Crippen LogP contribution in [0.5, 0.6) is 5.75 Å². The lowest BCUT2D eigenvalue weighted by atomic mass is 10.1. The summed E-state index contributed by atoms with van der Waals surface area (Å²) in [4.78, 5) is 17.1. The highest BCUT2D eigenvalue weighted by molar-refractivity contribution is 5.78. The van der Waals surface area contributed by atoms with Crippen LogP contribution in [0.3, 0.4) is 0 Å². The van der Waals surface area contributed by atoms with E-state index in [2.05, 4.69) is 4.90 Å². The van der Waals surface area contributed by atoms with Crippen LogP contribution in [-0.4, -0.2) is 41.9 Å². The number of carbonyl (C=O) groups excluding carboxylic acids is 1. The molecule has 0 bridgehead atoms. The molecule has 2 heterocycles. The quantitative estimate of drug-likeness (QED) is 0.594. The van der Waals surface area contributed by atoms with E-state index in [0.717, 1.165) is 61.8 Å². The zero-order valence-corrected chi connectivity index (χ0v) is 17.2. The van der Waals surface area contributed by atoms with Crippen molar-refractivity contribution in [2.75, 3.05) is 26.2 Å². The van der Waals surface area contributed by atoms with Crippen LogP contribution in [0.1, 0.15) is 23.3 Å². The monoisotopic (exact) mass is 404 g/mol. The fourth-order valence-corrected chi connectivity index (χ4v) is 3.73. The first kappa shape index (κ1) is 20.2. The van der Waals surface area contributed by atoms with Gasteiger partial charge in [-0.1, -0.05) is 42.5 Å². The minimum Gasteiger partial charge on any atom is -0.489 e. The van der Waals surface area contributed by atoms with Gasteiger partial charge in [-0.15, -0.1) is 0 Å². The smallest absolute Gasteiger partial charge is 0.227 e. The zero-order chi connectivity index (χ0) is 20.6. The fourth-order valence-electron chi connectivity index (χ4n) is 3.73. The van der Waals surface area contributed by atoms with E-state index in [9.17, 15) is 4.79 Å². The molecular formula is C25H28N2O3. The molecule has 2 aromatic carbocycles. The molecular weight excluding hydrogens is 376 g/mol. The van der Waals surface area contributed by atoms with Gasteiger partial charge >= 0.3 is 0 Å². The molecule has 156 valence electrons. The Morgan fingerprint density at radius 2 is 1.70 bits per heavy atom. The van der Waals surface area contributed by atoms with Crippen LogP contribution in [0.2, 0.25) is 0 Å². The van der Waals surface area contributed by atoms with Gasteiger partial charge in [0.05, 0.1) is 19.2 Å². The zero-order valence-electron chi connectivity index (χ0n) is 17.2. The molecule has 1 saturated heterocycles. The number of hydrogen-bond acceptors (Lipinski definition) is 4. The Bertz CT molecular complexity index is 907. The van der Waals surface area contributed by atoms with Crippen molar-refractivity contribution in [1.29, 1.82) is 0 Å². The Hall–Kier alpha value is -3.05. The molecule has 1 amide bonds. The van der Waals surface area contributed by atoms with Gasteiger partial charge in [0.15, 0.2) is 0 Å². The average Bonchev–Trinajstić information content (AvgIpc) is 3.18. The molecule has 0 atom stereocenters. The Morgan fingerprint density at radius 1 is 0.867 bits per heavy atom. The van der Waals surface area contributed by atoms with Crippen molar-refractivity contribution >= 4 is 5.91 Å². The first-order valence-electron chi connectivity index (χ1n) is 10.5. The maximum atomic E-state index is 12.8. The molecule has 5 nitrogen and oxygen atoms in total. The molecule has 1 aliphatic heterocycles. The number of amides is 1. The van der Waals surface area contributed by atoms with Gasteiger partial charge in [-0.2, -0.15) is 0 Å². The van der Waals surface area contributed by atoms with Crippen LogP contribution in [0.4, 0.5) is 0 Å². The van der Waals surface area contributed by atoms with Crippen molar-refractivity contribution in [2.24, 2.45) is 0 Å². The summed E-state index contributed by atoms with van der Waals surface area (Å²) < 4.78 is 11.3. The maximum absolute atomic E-state index is 12.8. The van der Waals surface area contributed by atoms with Crippen molar-refractivity contribution < 1.29 is 13.9 Å². The summed E-state index contributed by atoms with van der Waals surface area (Å²) in [5.74, 6) is 1.98. The Balaban J connectivity index is 1.25. The molecule has 0 aliphatic carbocycles. The van der Waals surface area contributed by atoms with E-state index < -0.39 is 0 Å². The van der Waals surface area contributed by atoms with Gasteiger partial charge in [0.25, 0.3) is 0 Å². The minimum absolute atomic E-state index is 0.188. The Kier molecular flexibility index (Phi) is 6.83. The van der Waals surface area contributed by atoms with Crippen molar-refractivity contribution in [3.63, 3.8) is 0 Å². The molecule has 5 heteroatoms.